The van der Waals surface area contributed by atoms with Crippen LogP contribution in [0.25, 0.3) is 0 Å². The zero-order valence-electron chi connectivity index (χ0n) is 7.46. The summed E-state index contributed by atoms with van der Waals surface area (Å²) in [4.78, 5) is 21.1. The number of hydrogen-bond donors (Lipinski definition) is 2. The minimum absolute atomic E-state index is 0.120. The molecule has 0 rings (SSSR count). The summed E-state index contributed by atoms with van der Waals surface area (Å²) in [5.41, 5.74) is 0. The highest BCUT2D eigenvalue weighted by Gasteiger charge is 2.16. The van der Waals surface area contributed by atoms with Crippen molar-refractivity contribution in [1.29, 1.82) is 0 Å². The van der Waals surface area contributed by atoms with Gasteiger partial charge >= 0.3 is 5.97 Å². The van der Waals surface area contributed by atoms with Crippen molar-refractivity contribution in [2.24, 2.45) is 0 Å². The monoisotopic (exact) mass is 173 g/mol. The van der Waals surface area contributed by atoms with Crippen LogP contribution in [-0.4, -0.2) is 29.4 Å². The van der Waals surface area contributed by atoms with Crippen molar-refractivity contribution >= 4 is 11.8 Å². The van der Waals surface area contributed by atoms with Gasteiger partial charge in [0.25, 0.3) is 0 Å². The van der Waals surface area contributed by atoms with E-state index in [-0.39, 0.29) is 12.2 Å². The summed E-state index contributed by atoms with van der Waals surface area (Å²) in [6, 6.07) is -0.526. The van der Waals surface area contributed by atoms with E-state index >= 15 is 0 Å². The smallest absolute Gasteiger partial charge is 0.305 e. The Bertz CT molecular complexity index is 168. The molecule has 4 heteroatoms. The molecule has 0 radical (unpaired) electrons. The SMILES string of the molecule is CCCNC(CC(=O)O)C(C)=O. The molecular weight excluding hydrogens is 158 g/mol. The Kier molecular flexibility index (Phi) is 5.28. The quantitative estimate of drug-likeness (QED) is 0.610. The number of carboxylic acid groups (broad SMARTS) is 1. The Balaban J connectivity index is 3.87. The number of Topliss-reactive ketones (excluding diaryl/α,β-unsaturated/α-hetero) is 1. The lowest BCUT2D eigenvalue weighted by Gasteiger charge is -2.12. The number of carbonyl (C=O) groups is 2. The van der Waals surface area contributed by atoms with Gasteiger partial charge < -0.3 is 10.4 Å². The molecule has 0 aliphatic rings. The summed E-state index contributed by atoms with van der Waals surface area (Å²) in [6.45, 7) is 4.04. The molecule has 0 aromatic heterocycles. The zero-order valence-corrected chi connectivity index (χ0v) is 7.46. The number of hydrogen-bond acceptors (Lipinski definition) is 3. The van der Waals surface area contributed by atoms with Crippen molar-refractivity contribution in [3.05, 3.63) is 0 Å². The Hall–Kier alpha value is -0.900. The van der Waals surface area contributed by atoms with Crippen LogP contribution < -0.4 is 5.32 Å². The molecule has 0 saturated carbocycles. The van der Waals surface area contributed by atoms with Gasteiger partial charge in [0.1, 0.15) is 5.78 Å². The third kappa shape index (κ3) is 4.85. The van der Waals surface area contributed by atoms with E-state index in [9.17, 15) is 9.59 Å². The fourth-order valence-corrected chi connectivity index (χ4v) is 0.853. The summed E-state index contributed by atoms with van der Waals surface area (Å²) in [7, 11) is 0. The van der Waals surface area contributed by atoms with E-state index in [2.05, 4.69) is 5.32 Å². The number of nitrogens with one attached hydrogen (secondary N) is 1. The molecule has 0 fully saturated rings. The molecule has 0 aliphatic heterocycles. The van der Waals surface area contributed by atoms with E-state index < -0.39 is 12.0 Å². The largest absolute Gasteiger partial charge is 0.481 e. The predicted octanol–water partition coefficient (Wildman–Crippen LogP) is 0.418. The minimum atomic E-state index is -0.946. The van der Waals surface area contributed by atoms with Gasteiger partial charge in [-0.05, 0) is 19.9 Å². The Labute approximate surface area is 72.0 Å². The first-order valence-corrected chi connectivity index (χ1v) is 4.03. The molecule has 2 N–H and O–H groups in total. The molecule has 4 nitrogen and oxygen atoms in total. The average Bonchev–Trinajstić information content (AvgIpc) is 1.96. The van der Waals surface area contributed by atoms with Gasteiger partial charge in [-0.2, -0.15) is 0 Å². The van der Waals surface area contributed by atoms with Crippen molar-refractivity contribution in [3.63, 3.8) is 0 Å². The van der Waals surface area contributed by atoms with Crippen LogP contribution in [0, 0.1) is 0 Å². The molecule has 70 valence electrons. The van der Waals surface area contributed by atoms with Gasteiger partial charge in [0.2, 0.25) is 0 Å². The highest BCUT2D eigenvalue weighted by molar-refractivity contribution is 5.85. The summed E-state index contributed by atoms with van der Waals surface area (Å²) in [5.74, 6) is -1.07. The van der Waals surface area contributed by atoms with Gasteiger partial charge in [-0.1, -0.05) is 6.92 Å². The van der Waals surface area contributed by atoms with Crippen molar-refractivity contribution < 1.29 is 14.7 Å². The second kappa shape index (κ2) is 5.71. The maximum atomic E-state index is 10.9. The molecule has 0 heterocycles. The highest BCUT2D eigenvalue weighted by Crippen LogP contribution is 1.93. The lowest BCUT2D eigenvalue weighted by molar-refractivity contribution is -0.139. The summed E-state index contributed by atoms with van der Waals surface area (Å²) < 4.78 is 0. The van der Waals surface area contributed by atoms with Gasteiger partial charge in [0.05, 0.1) is 12.5 Å². The molecule has 0 aliphatic carbocycles. The first-order chi connectivity index (χ1) is 5.57. The molecule has 0 aromatic carbocycles. The Morgan fingerprint density at radius 1 is 1.50 bits per heavy atom. The van der Waals surface area contributed by atoms with Crippen LogP contribution in [0.1, 0.15) is 26.7 Å². The lowest BCUT2D eigenvalue weighted by Crippen LogP contribution is -2.37. The van der Waals surface area contributed by atoms with Crippen molar-refractivity contribution in [3.8, 4) is 0 Å². The molecule has 0 saturated heterocycles. The number of rotatable bonds is 6. The Morgan fingerprint density at radius 3 is 2.42 bits per heavy atom. The van der Waals surface area contributed by atoms with Crippen LogP contribution in [0.3, 0.4) is 0 Å². The van der Waals surface area contributed by atoms with Crippen LogP contribution in [0.5, 0.6) is 0 Å². The molecule has 0 spiro atoms. The molecule has 0 bridgehead atoms. The summed E-state index contributed by atoms with van der Waals surface area (Å²) >= 11 is 0. The minimum Gasteiger partial charge on any atom is -0.481 e. The van der Waals surface area contributed by atoms with Crippen LogP contribution in [0.15, 0.2) is 0 Å². The maximum absolute atomic E-state index is 10.9. The van der Waals surface area contributed by atoms with Gasteiger partial charge in [-0.15, -0.1) is 0 Å². The Morgan fingerprint density at radius 2 is 2.08 bits per heavy atom. The standard InChI is InChI=1S/C8H15NO3/c1-3-4-9-7(6(2)10)5-8(11)12/h7,9H,3-5H2,1-2H3,(H,11,12). The normalized spacial score (nSPS) is 12.5. The first-order valence-electron chi connectivity index (χ1n) is 4.03. The lowest BCUT2D eigenvalue weighted by atomic mass is 10.1. The second-order valence-corrected chi connectivity index (χ2v) is 2.72. The van der Waals surface area contributed by atoms with Crippen molar-refractivity contribution in [2.45, 2.75) is 32.7 Å². The van der Waals surface area contributed by atoms with E-state index in [0.717, 1.165) is 6.42 Å². The molecule has 1 atom stereocenters. The molecule has 0 amide bonds. The van der Waals surface area contributed by atoms with Gasteiger partial charge in [0, 0.05) is 0 Å². The molecule has 0 aromatic rings. The molecular formula is C8H15NO3. The highest BCUT2D eigenvalue weighted by atomic mass is 16.4. The predicted molar refractivity (Wildman–Crippen MR) is 45.0 cm³/mol. The van der Waals surface area contributed by atoms with Crippen LogP contribution in [-0.2, 0) is 9.59 Å². The third-order valence-corrected chi connectivity index (χ3v) is 1.51. The third-order valence-electron chi connectivity index (χ3n) is 1.51. The van der Waals surface area contributed by atoms with Crippen LogP contribution in [0.2, 0.25) is 0 Å². The van der Waals surface area contributed by atoms with Gasteiger partial charge in [-0.25, -0.2) is 0 Å². The van der Waals surface area contributed by atoms with E-state index in [1.165, 1.54) is 6.92 Å². The number of carbonyl (C=O) groups excluding carboxylic acids is 1. The van der Waals surface area contributed by atoms with E-state index in [1.807, 2.05) is 6.92 Å². The topological polar surface area (TPSA) is 66.4 Å². The van der Waals surface area contributed by atoms with E-state index in [4.69, 9.17) is 5.11 Å². The average molecular weight is 173 g/mol. The maximum Gasteiger partial charge on any atom is 0.305 e. The number of ketones is 1. The van der Waals surface area contributed by atoms with Gasteiger partial charge in [0.15, 0.2) is 0 Å². The van der Waals surface area contributed by atoms with Crippen molar-refractivity contribution in [2.75, 3.05) is 6.54 Å². The van der Waals surface area contributed by atoms with Crippen molar-refractivity contribution in [1.82, 2.24) is 5.32 Å². The summed E-state index contributed by atoms with van der Waals surface area (Å²) in [5, 5.41) is 11.3. The first kappa shape index (κ1) is 11.1. The second-order valence-electron chi connectivity index (χ2n) is 2.72. The molecule has 12 heavy (non-hydrogen) atoms. The fraction of sp³-hybridized carbons (Fsp3) is 0.750. The van der Waals surface area contributed by atoms with E-state index in [0.29, 0.717) is 6.54 Å². The number of carboxylic acids is 1. The fourth-order valence-electron chi connectivity index (χ4n) is 0.853. The van der Waals surface area contributed by atoms with Crippen LogP contribution in [0.4, 0.5) is 0 Å². The van der Waals surface area contributed by atoms with Gasteiger partial charge in [-0.3, -0.25) is 9.59 Å². The zero-order chi connectivity index (χ0) is 9.56. The van der Waals surface area contributed by atoms with Crippen LogP contribution >= 0.6 is 0 Å². The summed E-state index contributed by atoms with van der Waals surface area (Å²) in [6.07, 6.45) is 0.763. The number of aliphatic carboxylic acids is 1. The molecule has 1 unspecified atom stereocenters. The van der Waals surface area contributed by atoms with E-state index in [1.54, 1.807) is 0 Å².